The number of amides is 2. The molecule has 8 nitrogen and oxygen atoms in total. The Morgan fingerprint density at radius 3 is 1.98 bits per heavy atom. The summed E-state index contributed by atoms with van der Waals surface area (Å²) in [5.74, 6) is 1.81. The average Bonchev–Trinajstić information content (AvgIpc) is 2.92. The summed E-state index contributed by atoms with van der Waals surface area (Å²) in [4.78, 5) is 25.1. The maximum absolute atomic E-state index is 13.2. The molecule has 0 bridgehead atoms. The summed E-state index contributed by atoms with van der Waals surface area (Å²) in [6.07, 6.45) is 4.91. The van der Waals surface area contributed by atoms with Gasteiger partial charge in [-0.3, -0.25) is 4.79 Å². The summed E-state index contributed by atoms with van der Waals surface area (Å²) in [7, 11) is 0. The monoisotopic (exact) mass is 541 g/mol. The third-order valence-corrected chi connectivity index (χ3v) is 6.30. The average molecular weight is 542 g/mol. The van der Waals surface area contributed by atoms with E-state index in [1.807, 2.05) is 32.9 Å². The van der Waals surface area contributed by atoms with Gasteiger partial charge in [0.15, 0.2) is 0 Å². The van der Waals surface area contributed by atoms with Gasteiger partial charge in [0.2, 0.25) is 0 Å². The number of nitriles is 1. The van der Waals surface area contributed by atoms with Gasteiger partial charge in [0.1, 0.15) is 28.6 Å². The molecule has 0 heterocycles. The topological polar surface area (TPSA) is 110 Å². The molecule has 0 spiro atoms. The molecule has 1 saturated carbocycles. The van der Waals surface area contributed by atoms with Crippen molar-refractivity contribution < 1.29 is 23.8 Å². The maximum atomic E-state index is 13.2. The van der Waals surface area contributed by atoms with Crippen LogP contribution in [0.15, 0.2) is 66.7 Å². The molecule has 0 unspecified atom stereocenters. The molecule has 1 aliphatic rings. The van der Waals surface area contributed by atoms with Crippen molar-refractivity contribution in [1.29, 1.82) is 5.26 Å². The molecule has 3 aromatic rings. The SMILES string of the molecule is CC(C)(C)OC(=O)NCc1ccc(Oc2cc(Oc3ccc(C#N)cc3)cc(C(=O)NC3CCCCC3)c2)cc1. The van der Waals surface area contributed by atoms with Crippen LogP contribution in [0.25, 0.3) is 0 Å². The van der Waals surface area contributed by atoms with Gasteiger partial charge in [-0.1, -0.05) is 31.4 Å². The van der Waals surface area contributed by atoms with E-state index in [2.05, 4.69) is 16.7 Å². The lowest BCUT2D eigenvalue weighted by Gasteiger charge is -2.23. The molecule has 0 aliphatic heterocycles. The van der Waals surface area contributed by atoms with Crippen molar-refractivity contribution in [2.45, 2.75) is 71.1 Å². The minimum Gasteiger partial charge on any atom is -0.457 e. The number of hydrogen-bond acceptors (Lipinski definition) is 6. The molecule has 0 radical (unpaired) electrons. The number of rotatable bonds is 8. The van der Waals surface area contributed by atoms with E-state index in [1.165, 1.54) is 6.42 Å². The highest BCUT2D eigenvalue weighted by Crippen LogP contribution is 2.31. The zero-order valence-corrected chi connectivity index (χ0v) is 23.2. The summed E-state index contributed by atoms with van der Waals surface area (Å²) in [5.41, 5.74) is 1.28. The van der Waals surface area contributed by atoms with Crippen LogP contribution in [0, 0.1) is 11.3 Å². The number of hydrogen-bond donors (Lipinski definition) is 2. The zero-order chi connectivity index (χ0) is 28.5. The molecule has 4 rings (SSSR count). The second-order valence-corrected chi connectivity index (χ2v) is 10.8. The molecule has 0 aromatic heterocycles. The normalized spacial score (nSPS) is 13.6. The minimum atomic E-state index is -0.563. The van der Waals surface area contributed by atoms with Crippen LogP contribution in [0.5, 0.6) is 23.0 Å². The van der Waals surface area contributed by atoms with Gasteiger partial charge in [0.25, 0.3) is 5.91 Å². The lowest BCUT2D eigenvalue weighted by molar-refractivity contribution is 0.0523. The molecule has 2 N–H and O–H groups in total. The molecule has 3 aromatic carbocycles. The molecule has 1 aliphatic carbocycles. The van der Waals surface area contributed by atoms with Gasteiger partial charge in [-0.25, -0.2) is 4.79 Å². The fourth-order valence-corrected chi connectivity index (χ4v) is 4.37. The second kappa shape index (κ2) is 13.0. The van der Waals surface area contributed by atoms with Crippen LogP contribution in [0.1, 0.15) is 74.4 Å². The Balaban J connectivity index is 1.48. The fourth-order valence-electron chi connectivity index (χ4n) is 4.37. The number of ether oxygens (including phenoxy) is 3. The smallest absolute Gasteiger partial charge is 0.407 e. The molecule has 208 valence electrons. The van der Waals surface area contributed by atoms with E-state index in [1.54, 1.807) is 54.6 Å². The lowest BCUT2D eigenvalue weighted by atomic mass is 9.95. The highest BCUT2D eigenvalue weighted by Gasteiger charge is 2.19. The van der Waals surface area contributed by atoms with Crippen LogP contribution in [-0.2, 0) is 11.3 Å². The van der Waals surface area contributed by atoms with Gasteiger partial charge in [-0.05, 0) is 87.7 Å². The van der Waals surface area contributed by atoms with Crippen LogP contribution < -0.4 is 20.1 Å². The van der Waals surface area contributed by atoms with E-state index in [9.17, 15) is 9.59 Å². The molecular formula is C32H35N3O5. The summed E-state index contributed by atoms with van der Waals surface area (Å²) < 4.78 is 17.4. The molecule has 40 heavy (non-hydrogen) atoms. The molecule has 0 atom stereocenters. The van der Waals surface area contributed by atoms with Crippen LogP contribution in [0.4, 0.5) is 4.79 Å². The van der Waals surface area contributed by atoms with Gasteiger partial charge >= 0.3 is 6.09 Å². The molecule has 0 saturated heterocycles. The van der Waals surface area contributed by atoms with E-state index in [4.69, 9.17) is 19.5 Å². The van der Waals surface area contributed by atoms with E-state index < -0.39 is 11.7 Å². The first-order valence-electron chi connectivity index (χ1n) is 13.5. The van der Waals surface area contributed by atoms with Crippen molar-refractivity contribution in [2.24, 2.45) is 0 Å². The highest BCUT2D eigenvalue weighted by molar-refractivity contribution is 5.95. The maximum Gasteiger partial charge on any atom is 0.407 e. The van der Waals surface area contributed by atoms with Crippen LogP contribution in [-0.4, -0.2) is 23.6 Å². The Morgan fingerprint density at radius 2 is 1.43 bits per heavy atom. The zero-order valence-electron chi connectivity index (χ0n) is 23.2. The fraction of sp³-hybridized carbons (Fsp3) is 0.344. The van der Waals surface area contributed by atoms with Gasteiger partial charge in [0, 0.05) is 24.2 Å². The van der Waals surface area contributed by atoms with Gasteiger partial charge in [0.05, 0.1) is 11.6 Å². The molecule has 2 amide bonds. The van der Waals surface area contributed by atoms with E-state index in [-0.39, 0.29) is 11.9 Å². The third-order valence-electron chi connectivity index (χ3n) is 6.30. The third kappa shape index (κ3) is 8.77. The van der Waals surface area contributed by atoms with Crippen LogP contribution >= 0.6 is 0 Å². The van der Waals surface area contributed by atoms with E-state index in [0.29, 0.717) is 40.7 Å². The van der Waals surface area contributed by atoms with Gasteiger partial charge < -0.3 is 24.8 Å². The summed E-state index contributed by atoms with van der Waals surface area (Å²) in [6, 6.07) is 21.4. The Kier molecular flexibility index (Phi) is 9.28. The van der Waals surface area contributed by atoms with E-state index in [0.717, 1.165) is 31.2 Å². The van der Waals surface area contributed by atoms with Crippen molar-refractivity contribution in [3.8, 4) is 29.1 Å². The highest BCUT2D eigenvalue weighted by atomic mass is 16.6. The molecular weight excluding hydrogens is 506 g/mol. The number of benzene rings is 3. The largest absolute Gasteiger partial charge is 0.457 e. The Morgan fingerprint density at radius 1 is 0.850 bits per heavy atom. The van der Waals surface area contributed by atoms with Crippen LogP contribution in [0.2, 0.25) is 0 Å². The first kappa shape index (κ1) is 28.5. The molecule has 8 heteroatoms. The number of nitrogens with one attached hydrogen (secondary N) is 2. The Hall–Kier alpha value is -4.51. The number of nitrogens with zero attached hydrogens (tertiary/aromatic N) is 1. The first-order valence-corrected chi connectivity index (χ1v) is 13.5. The quantitative estimate of drug-likeness (QED) is 0.311. The number of alkyl carbamates (subject to hydrolysis) is 1. The van der Waals surface area contributed by atoms with Gasteiger partial charge in [-0.2, -0.15) is 5.26 Å². The lowest BCUT2D eigenvalue weighted by Crippen LogP contribution is -2.36. The number of carbonyl (C=O) groups is 2. The predicted molar refractivity (Wildman–Crippen MR) is 152 cm³/mol. The number of carbonyl (C=O) groups excluding carboxylic acids is 2. The summed E-state index contributed by atoms with van der Waals surface area (Å²) >= 11 is 0. The Labute approximate surface area is 235 Å². The van der Waals surface area contributed by atoms with E-state index >= 15 is 0 Å². The predicted octanol–water partition coefficient (Wildman–Crippen LogP) is 7.23. The van der Waals surface area contributed by atoms with Crippen LogP contribution in [0.3, 0.4) is 0 Å². The van der Waals surface area contributed by atoms with Crippen molar-refractivity contribution in [1.82, 2.24) is 10.6 Å². The Bertz CT molecular complexity index is 1350. The molecule has 1 fully saturated rings. The van der Waals surface area contributed by atoms with Crippen molar-refractivity contribution in [3.63, 3.8) is 0 Å². The van der Waals surface area contributed by atoms with Crippen molar-refractivity contribution in [2.75, 3.05) is 0 Å². The first-order chi connectivity index (χ1) is 19.2. The van der Waals surface area contributed by atoms with Crippen molar-refractivity contribution >= 4 is 12.0 Å². The summed E-state index contributed by atoms with van der Waals surface area (Å²) in [6.45, 7) is 5.76. The minimum absolute atomic E-state index is 0.163. The summed E-state index contributed by atoms with van der Waals surface area (Å²) in [5, 5.41) is 14.9. The standard InChI is InChI=1S/C32H35N3O5/c1-32(2,3)40-31(37)34-21-23-11-15-27(16-12-23)39-29-18-24(30(36)35-25-7-5-4-6-8-25)17-28(19-29)38-26-13-9-22(20-33)10-14-26/h9-19,25H,4-8,21H2,1-3H3,(H,34,37)(H,35,36). The van der Waals surface area contributed by atoms with Gasteiger partial charge in [-0.15, -0.1) is 0 Å². The van der Waals surface area contributed by atoms with Crippen molar-refractivity contribution in [3.05, 3.63) is 83.4 Å². The second-order valence-electron chi connectivity index (χ2n) is 10.8.